The summed E-state index contributed by atoms with van der Waals surface area (Å²) in [5, 5.41) is 9.03. The molecule has 0 aliphatic carbocycles. The molecule has 2 N–H and O–H groups in total. The first-order valence-electron chi connectivity index (χ1n) is 10.7. The topological polar surface area (TPSA) is 39.9 Å². The third-order valence-electron chi connectivity index (χ3n) is 4.87. The van der Waals surface area contributed by atoms with Crippen molar-refractivity contribution >= 4 is 0 Å². The Kier molecular flexibility index (Phi) is 14.4. The molecule has 1 heterocycles. The Morgan fingerprint density at radius 3 is 2.12 bits per heavy atom. The van der Waals surface area contributed by atoms with Crippen LogP contribution < -0.4 is 4.57 Å². The summed E-state index contributed by atoms with van der Waals surface area (Å²) in [6, 6.07) is 0. The number of aryl methyl sites for hydroxylation is 1. The molecule has 0 aliphatic rings. The minimum atomic E-state index is 0.210. The highest BCUT2D eigenvalue weighted by atomic mass is 16.3. The third-order valence-corrected chi connectivity index (χ3v) is 4.87. The molecule has 3 heteroatoms. The molecule has 0 aromatic carbocycles. The van der Waals surface area contributed by atoms with Gasteiger partial charge < -0.3 is 5.11 Å². The van der Waals surface area contributed by atoms with Crippen molar-refractivity contribution in [1.29, 1.82) is 0 Å². The molecular weight excluding hydrogens is 308 g/mol. The van der Waals surface area contributed by atoms with Crippen LogP contribution in [0.15, 0.2) is 24.5 Å². The van der Waals surface area contributed by atoms with Crippen LogP contribution in [0.5, 0.6) is 0 Å². The molecule has 0 radical (unpaired) electrons. The number of hydrogen-bond donors (Lipinski definition) is 2. The smallest absolute Gasteiger partial charge is 0.254 e. The highest BCUT2D eigenvalue weighted by Gasteiger charge is 2.08. The SMILES string of the molecule is CCCCCCCCC=CCCCCCCCc1[nH]cc[n+]1CCO. The Bertz CT molecular complexity index is 425. The van der Waals surface area contributed by atoms with Gasteiger partial charge >= 0.3 is 0 Å². The molecule has 1 rings (SSSR count). The lowest BCUT2D eigenvalue weighted by Crippen LogP contribution is -2.37. The van der Waals surface area contributed by atoms with E-state index >= 15 is 0 Å². The number of hydrogen-bond acceptors (Lipinski definition) is 1. The van der Waals surface area contributed by atoms with E-state index in [0.29, 0.717) is 6.54 Å². The maximum absolute atomic E-state index is 9.03. The lowest BCUT2D eigenvalue weighted by atomic mass is 10.1. The van der Waals surface area contributed by atoms with Crippen molar-refractivity contribution in [1.82, 2.24) is 4.98 Å². The molecule has 3 nitrogen and oxygen atoms in total. The van der Waals surface area contributed by atoms with Gasteiger partial charge in [0.05, 0.1) is 6.61 Å². The molecule has 0 saturated carbocycles. The van der Waals surface area contributed by atoms with Crippen molar-refractivity contribution in [3.63, 3.8) is 0 Å². The lowest BCUT2D eigenvalue weighted by molar-refractivity contribution is -0.704. The minimum absolute atomic E-state index is 0.210. The van der Waals surface area contributed by atoms with Gasteiger partial charge in [0.2, 0.25) is 0 Å². The number of rotatable bonds is 17. The van der Waals surface area contributed by atoms with Crippen molar-refractivity contribution in [2.75, 3.05) is 6.61 Å². The molecule has 0 spiro atoms. The van der Waals surface area contributed by atoms with E-state index in [1.165, 1.54) is 89.3 Å². The average molecular weight is 350 g/mol. The summed E-state index contributed by atoms with van der Waals surface area (Å²) < 4.78 is 2.12. The van der Waals surface area contributed by atoms with Crippen molar-refractivity contribution in [2.24, 2.45) is 0 Å². The molecule has 0 saturated heterocycles. The monoisotopic (exact) mass is 349 g/mol. The van der Waals surface area contributed by atoms with Gasteiger partial charge in [-0.3, -0.25) is 0 Å². The zero-order chi connectivity index (χ0) is 18.0. The molecule has 25 heavy (non-hydrogen) atoms. The number of aromatic amines is 1. The number of nitrogens with one attached hydrogen (secondary N) is 1. The fourth-order valence-corrected chi connectivity index (χ4v) is 3.29. The second kappa shape index (κ2) is 16.4. The molecule has 144 valence electrons. The summed E-state index contributed by atoms with van der Waals surface area (Å²) in [5.74, 6) is 1.24. The molecule has 0 aliphatic heterocycles. The van der Waals surface area contributed by atoms with E-state index in [-0.39, 0.29) is 6.61 Å². The summed E-state index contributed by atoms with van der Waals surface area (Å²) >= 11 is 0. The van der Waals surface area contributed by atoms with E-state index in [2.05, 4.69) is 28.6 Å². The standard InChI is InChI=1S/C22H40N2O/c1-2-3-4-5-6-7-8-9-10-11-12-13-14-15-16-17-22-23-18-19-24(22)20-21-25/h9-10,18-19,25H,2-8,11-17,20-21H2,1H3/p+1. The van der Waals surface area contributed by atoms with Crippen LogP contribution in [0.1, 0.15) is 96.2 Å². The van der Waals surface area contributed by atoms with Crippen LogP contribution in [0.25, 0.3) is 0 Å². The van der Waals surface area contributed by atoms with Crippen molar-refractivity contribution in [3.8, 4) is 0 Å². The number of allylic oxidation sites excluding steroid dienone is 2. The fourth-order valence-electron chi connectivity index (χ4n) is 3.29. The summed E-state index contributed by atoms with van der Waals surface area (Å²) in [5.41, 5.74) is 0. The number of imidazole rings is 1. The van der Waals surface area contributed by atoms with Crippen LogP contribution in [0.3, 0.4) is 0 Å². The first-order chi connectivity index (χ1) is 12.4. The van der Waals surface area contributed by atoms with E-state index in [4.69, 9.17) is 5.11 Å². The van der Waals surface area contributed by atoms with Gasteiger partial charge in [0.1, 0.15) is 18.9 Å². The van der Waals surface area contributed by atoms with E-state index in [1.54, 1.807) is 0 Å². The Morgan fingerprint density at radius 1 is 0.880 bits per heavy atom. The fraction of sp³-hybridized carbons (Fsp3) is 0.773. The van der Waals surface area contributed by atoms with Crippen molar-refractivity contribution in [2.45, 2.75) is 103 Å². The zero-order valence-electron chi connectivity index (χ0n) is 16.5. The number of nitrogens with zero attached hydrogens (tertiary/aromatic N) is 1. The molecule has 0 amide bonds. The molecule has 0 atom stereocenters. The van der Waals surface area contributed by atoms with Gasteiger partial charge in [0.15, 0.2) is 0 Å². The van der Waals surface area contributed by atoms with Crippen LogP contribution in [0.2, 0.25) is 0 Å². The number of aliphatic hydroxyl groups excluding tert-OH is 1. The Balaban J connectivity index is 1.85. The van der Waals surface area contributed by atoms with Crippen LogP contribution in [0.4, 0.5) is 0 Å². The molecule has 1 aromatic rings. The number of H-pyrrole nitrogens is 1. The maximum Gasteiger partial charge on any atom is 0.254 e. The summed E-state index contributed by atoms with van der Waals surface area (Å²) in [6.07, 6.45) is 27.3. The van der Waals surface area contributed by atoms with Gasteiger partial charge in [0, 0.05) is 6.42 Å². The molecule has 0 unspecified atom stereocenters. The zero-order valence-corrected chi connectivity index (χ0v) is 16.5. The van der Waals surface area contributed by atoms with E-state index in [1.807, 2.05) is 12.4 Å². The number of aliphatic hydroxyl groups is 1. The predicted octanol–water partition coefficient (Wildman–Crippen LogP) is 5.48. The van der Waals surface area contributed by atoms with Crippen molar-refractivity contribution in [3.05, 3.63) is 30.4 Å². The largest absolute Gasteiger partial charge is 0.392 e. The van der Waals surface area contributed by atoms with Gasteiger partial charge in [0.25, 0.3) is 5.82 Å². The van der Waals surface area contributed by atoms with Gasteiger partial charge in [-0.1, -0.05) is 70.4 Å². The molecular formula is C22H41N2O+. The summed E-state index contributed by atoms with van der Waals surface area (Å²) in [7, 11) is 0. The van der Waals surface area contributed by atoms with E-state index < -0.39 is 0 Å². The van der Waals surface area contributed by atoms with Crippen molar-refractivity contribution < 1.29 is 9.67 Å². The highest BCUT2D eigenvalue weighted by molar-refractivity contribution is 4.81. The van der Waals surface area contributed by atoms with Gasteiger partial charge in [-0.25, -0.2) is 9.55 Å². The third kappa shape index (κ3) is 12.0. The maximum atomic E-state index is 9.03. The molecule has 0 bridgehead atoms. The van der Waals surface area contributed by atoms with Crippen LogP contribution in [-0.2, 0) is 13.0 Å². The first kappa shape index (κ1) is 22.0. The minimum Gasteiger partial charge on any atom is -0.392 e. The molecule has 1 aromatic heterocycles. The predicted molar refractivity (Wildman–Crippen MR) is 107 cm³/mol. The number of unbranched alkanes of at least 4 members (excludes halogenated alkanes) is 11. The van der Waals surface area contributed by atoms with Gasteiger partial charge in [-0.05, 0) is 32.1 Å². The Hall–Kier alpha value is -1.09. The highest BCUT2D eigenvalue weighted by Crippen LogP contribution is 2.10. The van der Waals surface area contributed by atoms with Crippen LogP contribution in [0, 0.1) is 0 Å². The van der Waals surface area contributed by atoms with E-state index in [0.717, 1.165) is 6.42 Å². The second-order valence-corrected chi connectivity index (χ2v) is 7.16. The quantitative estimate of drug-likeness (QED) is 0.218. The molecule has 0 fully saturated rings. The lowest BCUT2D eigenvalue weighted by Gasteiger charge is -2.00. The average Bonchev–Trinajstić information content (AvgIpc) is 3.06. The Morgan fingerprint density at radius 2 is 1.48 bits per heavy atom. The van der Waals surface area contributed by atoms with Gasteiger partial charge in [-0.2, -0.15) is 0 Å². The summed E-state index contributed by atoms with van der Waals surface area (Å²) in [6.45, 7) is 3.19. The number of aromatic nitrogens is 2. The van der Waals surface area contributed by atoms with Crippen LogP contribution in [-0.4, -0.2) is 16.7 Å². The van der Waals surface area contributed by atoms with Crippen LogP contribution >= 0.6 is 0 Å². The van der Waals surface area contributed by atoms with Gasteiger partial charge in [-0.15, -0.1) is 0 Å². The Labute approximate surface area is 155 Å². The summed E-state index contributed by atoms with van der Waals surface area (Å²) in [4.78, 5) is 3.28. The first-order valence-corrected chi connectivity index (χ1v) is 10.7. The van der Waals surface area contributed by atoms with E-state index in [9.17, 15) is 0 Å². The second-order valence-electron chi connectivity index (χ2n) is 7.16. The normalized spacial score (nSPS) is 11.6.